The van der Waals surface area contributed by atoms with Crippen molar-refractivity contribution in [3.63, 3.8) is 0 Å². The molecular weight excluding hydrogens is 362 g/mol. The van der Waals surface area contributed by atoms with E-state index in [0.717, 1.165) is 16.8 Å². The number of hydrogen-bond acceptors (Lipinski definition) is 6. The number of ether oxygens (including phenoxy) is 2. The lowest BCUT2D eigenvalue weighted by atomic mass is 10.1. The van der Waals surface area contributed by atoms with Crippen LogP contribution >= 0.6 is 12.6 Å². The molecule has 27 heavy (non-hydrogen) atoms. The molecule has 1 amide bonds. The minimum Gasteiger partial charge on any atom is -0.493 e. The number of nitriles is 1. The molecule has 1 aliphatic rings. The van der Waals surface area contributed by atoms with Crippen molar-refractivity contribution in [2.24, 2.45) is 0 Å². The number of methoxy groups -OCH3 is 2. The number of thiol groups is 1. The molecule has 1 heterocycles. The lowest BCUT2D eigenvalue weighted by Gasteiger charge is -2.38. The number of nitrogens with one attached hydrogen (secondary N) is 1. The second kappa shape index (κ2) is 7.64. The maximum absolute atomic E-state index is 12.4. The molecule has 0 bridgehead atoms. The Hall–Kier alpha value is -3.11. The lowest BCUT2D eigenvalue weighted by Crippen LogP contribution is -2.46. The van der Waals surface area contributed by atoms with E-state index in [1.807, 2.05) is 48.2 Å². The summed E-state index contributed by atoms with van der Waals surface area (Å²) < 4.78 is 10.7. The van der Waals surface area contributed by atoms with E-state index in [1.165, 1.54) is 0 Å². The minimum absolute atomic E-state index is 0.0310. The van der Waals surface area contributed by atoms with Crippen LogP contribution in [-0.2, 0) is 4.79 Å². The minimum atomic E-state index is -0.552. The zero-order valence-corrected chi connectivity index (χ0v) is 16.1. The monoisotopic (exact) mass is 381 g/mol. The zero-order chi connectivity index (χ0) is 19.6. The van der Waals surface area contributed by atoms with Crippen LogP contribution in [0.25, 0.3) is 0 Å². The molecule has 138 valence electrons. The average Bonchev–Trinajstić information content (AvgIpc) is 2.67. The number of anilines is 1. The zero-order valence-electron chi connectivity index (χ0n) is 15.2. The van der Waals surface area contributed by atoms with Crippen LogP contribution < -0.4 is 19.7 Å². The molecule has 1 N–H and O–H groups in total. The third kappa shape index (κ3) is 3.44. The molecule has 0 saturated carbocycles. The fraction of sp³-hybridized carbons (Fsp3) is 0.200. The number of hydrogen-bond donors (Lipinski definition) is 2. The van der Waals surface area contributed by atoms with Gasteiger partial charge < -0.3 is 19.7 Å². The predicted octanol–water partition coefficient (Wildman–Crippen LogP) is 3.31. The van der Waals surface area contributed by atoms with E-state index in [0.29, 0.717) is 16.5 Å². The van der Waals surface area contributed by atoms with E-state index in [4.69, 9.17) is 9.47 Å². The van der Waals surface area contributed by atoms with Crippen molar-refractivity contribution in [1.29, 1.82) is 5.26 Å². The number of amides is 1. The Balaban J connectivity index is 2.17. The molecule has 1 atom stereocenters. The van der Waals surface area contributed by atoms with Crippen molar-refractivity contribution in [2.75, 3.05) is 19.1 Å². The van der Waals surface area contributed by atoms with E-state index in [1.54, 1.807) is 26.4 Å². The van der Waals surface area contributed by atoms with Crippen molar-refractivity contribution in [2.45, 2.75) is 13.1 Å². The third-order valence-corrected chi connectivity index (χ3v) is 4.76. The topological polar surface area (TPSA) is 74.6 Å². The van der Waals surface area contributed by atoms with Crippen LogP contribution in [0.4, 0.5) is 5.69 Å². The van der Waals surface area contributed by atoms with Crippen LogP contribution in [0.3, 0.4) is 0 Å². The Morgan fingerprint density at radius 1 is 1.15 bits per heavy atom. The van der Waals surface area contributed by atoms with Gasteiger partial charge in [-0.2, -0.15) is 5.26 Å². The first-order valence-electron chi connectivity index (χ1n) is 8.22. The Kier molecular flexibility index (Phi) is 5.28. The molecule has 6 nitrogen and oxygen atoms in total. The molecule has 7 heteroatoms. The van der Waals surface area contributed by atoms with Crippen LogP contribution in [0.5, 0.6) is 11.5 Å². The fourth-order valence-electron chi connectivity index (χ4n) is 3.01. The number of carbonyl (C=O) groups excluding carboxylic acids is 1. The van der Waals surface area contributed by atoms with Gasteiger partial charge in [-0.05, 0) is 42.3 Å². The molecule has 1 unspecified atom stereocenters. The predicted molar refractivity (Wildman–Crippen MR) is 106 cm³/mol. The largest absolute Gasteiger partial charge is 0.493 e. The number of carbonyl (C=O) groups is 1. The van der Waals surface area contributed by atoms with Crippen LogP contribution in [0.15, 0.2) is 53.1 Å². The second-order valence-electron chi connectivity index (χ2n) is 6.01. The second-order valence-corrected chi connectivity index (χ2v) is 6.43. The summed E-state index contributed by atoms with van der Waals surface area (Å²) in [5, 5.41) is 12.6. The van der Waals surface area contributed by atoms with Gasteiger partial charge in [-0.3, -0.25) is 4.79 Å². The van der Waals surface area contributed by atoms with E-state index in [9.17, 15) is 10.1 Å². The Morgan fingerprint density at radius 3 is 2.52 bits per heavy atom. The van der Waals surface area contributed by atoms with Gasteiger partial charge in [-0.1, -0.05) is 18.2 Å². The summed E-state index contributed by atoms with van der Waals surface area (Å²) in [5.74, 6) is 0.667. The highest BCUT2D eigenvalue weighted by molar-refractivity contribution is 7.84. The van der Waals surface area contributed by atoms with E-state index >= 15 is 0 Å². The quantitative estimate of drug-likeness (QED) is 0.795. The summed E-state index contributed by atoms with van der Waals surface area (Å²) in [6.45, 7) is 1.98. The standard InChI is InChI=1S/C20H19N3O3S/c1-12-5-4-6-14(9-12)23-18(22-19(24)15(11-21)20(23)27)13-7-8-16(25-2)17(10-13)26-3/h4-10,18,27H,1-3H3,(H,22,24). The van der Waals surface area contributed by atoms with Crippen LogP contribution in [0.2, 0.25) is 0 Å². The van der Waals surface area contributed by atoms with Gasteiger partial charge in [-0.15, -0.1) is 12.6 Å². The number of rotatable bonds is 4. The van der Waals surface area contributed by atoms with Gasteiger partial charge in [0.05, 0.1) is 19.2 Å². The van der Waals surface area contributed by atoms with Crippen molar-refractivity contribution in [3.05, 3.63) is 64.2 Å². The summed E-state index contributed by atoms with van der Waals surface area (Å²) in [5.41, 5.74) is 2.60. The van der Waals surface area contributed by atoms with Crippen LogP contribution in [0, 0.1) is 18.3 Å². The van der Waals surface area contributed by atoms with Crippen molar-refractivity contribution in [3.8, 4) is 17.6 Å². The molecular formula is C20H19N3O3S. The van der Waals surface area contributed by atoms with E-state index in [-0.39, 0.29) is 5.57 Å². The highest BCUT2D eigenvalue weighted by atomic mass is 32.1. The molecule has 2 aromatic rings. The SMILES string of the molecule is COc1ccc(C2NC(=O)C(C#N)=C(S)N2c2cccc(C)c2)cc1OC. The Bertz CT molecular complexity index is 965. The summed E-state index contributed by atoms with van der Waals surface area (Å²) in [7, 11) is 3.11. The van der Waals surface area contributed by atoms with Gasteiger partial charge in [0.15, 0.2) is 11.5 Å². The lowest BCUT2D eigenvalue weighted by molar-refractivity contribution is -0.118. The first-order valence-corrected chi connectivity index (χ1v) is 8.67. The summed E-state index contributed by atoms with van der Waals surface area (Å²) >= 11 is 4.50. The molecule has 0 aliphatic carbocycles. The number of nitrogens with zero attached hydrogens (tertiary/aromatic N) is 2. The van der Waals surface area contributed by atoms with Gasteiger partial charge >= 0.3 is 0 Å². The molecule has 3 rings (SSSR count). The number of aryl methyl sites for hydroxylation is 1. The van der Waals surface area contributed by atoms with Gasteiger partial charge in [0, 0.05) is 5.69 Å². The Labute approximate surface area is 163 Å². The molecule has 0 fully saturated rings. The maximum Gasteiger partial charge on any atom is 0.266 e. The average molecular weight is 381 g/mol. The van der Waals surface area contributed by atoms with E-state index in [2.05, 4.69) is 17.9 Å². The highest BCUT2D eigenvalue weighted by Crippen LogP contribution is 2.38. The van der Waals surface area contributed by atoms with Crippen molar-refractivity contribution < 1.29 is 14.3 Å². The smallest absolute Gasteiger partial charge is 0.266 e. The van der Waals surface area contributed by atoms with Gasteiger partial charge in [0.25, 0.3) is 5.91 Å². The third-order valence-electron chi connectivity index (χ3n) is 4.32. The van der Waals surface area contributed by atoms with Gasteiger partial charge in [-0.25, -0.2) is 0 Å². The Morgan fingerprint density at radius 2 is 1.89 bits per heavy atom. The summed E-state index contributed by atoms with van der Waals surface area (Å²) in [6, 6.07) is 15.1. The van der Waals surface area contributed by atoms with Gasteiger partial charge in [0.2, 0.25) is 0 Å². The molecule has 0 spiro atoms. The normalized spacial score (nSPS) is 16.6. The maximum atomic E-state index is 12.4. The van der Waals surface area contributed by atoms with Crippen molar-refractivity contribution >= 4 is 24.2 Å². The first-order chi connectivity index (χ1) is 13.0. The summed E-state index contributed by atoms with van der Waals surface area (Å²) in [6.07, 6.45) is -0.552. The number of benzene rings is 2. The molecule has 0 saturated heterocycles. The first kappa shape index (κ1) is 18.7. The van der Waals surface area contributed by atoms with Gasteiger partial charge in [0.1, 0.15) is 17.8 Å². The van der Waals surface area contributed by atoms with Crippen molar-refractivity contribution in [1.82, 2.24) is 5.32 Å². The molecule has 0 radical (unpaired) electrons. The molecule has 2 aromatic carbocycles. The highest BCUT2D eigenvalue weighted by Gasteiger charge is 2.34. The van der Waals surface area contributed by atoms with Crippen LogP contribution in [0.1, 0.15) is 17.3 Å². The molecule has 0 aromatic heterocycles. The van der Waals surface area contributed by atoms with Crippen LogP contribution in [-0.4, -0.2) is 20.1 Å². The van der Waals surface area contributed by atoms with E-state index < -0.39 is 12.1 Å². The fourth-order valence-corrected chi connectivity index (χ4v) is 3.39. The molecule has 1 aliphatic heterocycles. The summed E-state index contributed by atoms with van der Waals surface area (Å²) in [4.78, 5) is 14.2.